The second-order valence-electron chi connectivity index (χ2n) is 12.4. The summed E-state index contributed by atoms with van der Waals surface area (Å²) in [6.45, 7) is 7.66. The standard InChI is InChI=1S/C32H44N4O/c1-22-13-14-27-29(35-22)17-23(2)34-21-32(27)20-33-19-28(32)31(37)36-16-15-26(24-9-5-3-6-10-24)18-30(36)25-11-7-4-8-12-25/h3,5-6,9-10,13-14,23,25-26,28,30,33-34H,4,7-8,11-12,15-21H2,1-2H3/t23-,26-,28+,30+,32-/m1/s1. The number of carbonyl (C=O) groups is 1. The van der Waals surface area contributed by atoms with Crippen molar-refractivity contribution in [1.29, 1.82) is 0 Å². The third-order valence-electron chi connectivity index (χ3n) is 10.1. The van der Waals surface area contributed by atoms with E-state index in [2.05, 4.69) is 71.8 Å². The van der Waals surface area contributed by atoms with E-state index in [1.807, 2.05) is 0 Å². The van der Waals surface area contributed by atoms with E-state index in [0.29, 0.717) is 29.8 Å². The van der Waals surface area contributed by atoms with E-state index in [-0.39, 0.29) is 11.3 Å². The zero-order valence-corrected chi connectivity index (χ0v) is 22.7. The maximum Gasteiger partial charge on any atom is 0.228 e. The van der Waals surface area contributed by atoms with E-state index < -0.39 is 0 Å². The van der Waals surface area contributed by atoms with Crippen molar-refractivity contribution in [2.75, 3.05) is 26.2 Å². The van der Waals surface area contributed by atoms with Crippen LogP contribution < -0.4 is 10.6 Å². The van der Waals surface area contributed by atoms with Crippen molar-refractivity contribution in [2.24, 2.45) is 11.8 Å². The second-order valence-corrected chi connectivity index (χ2v) is 12.4. The van der Waals surface area contributed by atoms with Crippen molar-refractivity contribution >= 4 is 5.91 Å². The van der Waals surface area contributed by atoms with Gasteiger partial charge in [-0.25, -0.2) is 0 Å². The largest absolute Gasteiger partial charge is 0.339 e. The van der Waals surface area contributed by atoms with Crippen LogP contribution in [0.25, 0.3) is 0 Å². The highest BCUT2D eigenvalue weighted by Gasteiger charge is 2.52. The molecule has 4 aliphatic rings. The number of amides is 1. The molecule has 1 aliphatic carbocycles. The average molecular weight is 501 g/mol. The first kappa shape index (κ1) is 25.1. The zero-order valence-electron chi connectivity index (χ0n) is 22.7. The van der Waals surface area contributed by atoms with E-state index in [9.17, 15) is 4.79 Å². The maximum atomic E-state index is 14.7. The molecule has 1 aromatic heterocycles. The highest BCUT2D eigenvalue weighted by molar-refractivity contribution is 5.82. The molecule has 1 aromatic carbocycles. The molecule has 5 nitrogen and oxygen atoms in total. The van der Waals surface area contributed by atoms with Crippen molar-refractivity contribution < 1.29 is 4.79 Å². The van der Waals surface area contributed by atoms with Crippen LogP contribution in [0.5, 0.6) is 0 Å². The molecule has 198 valence electrons. The van der Waals surface area contributed by atoms with Crippen LogP contribution in [0, 0.1) is 18.8 Å². The van der Waals surface area contributed by atoms with Gasteiger partial charge in [0.2, 0.25) is 5.91 Å². The Kier molecular flexibility index (Phi) is 7.11. The van der Waals surface area contributed by atoms with Gasteiger partial charge in [0.25, 0.3) is 0 Å². The molecule has 1 spiro atoms. The molecule has 2 aromatic rings. The minimum Gasteiger partial charge on any atom is -0.339 e. The van der Waals surface area contributed by atoms with Crippen molar-refractivity contribution in [3.05, 3.63) is 65.0 Å². The summed E-state index contributed by atoms with van der Waals surface area (Å²) in [4.78, 5) is 22.0. The Labute approximate surface area is 222 Å². The van der Waals surface area contributed by atoms with Gasteiger partial charge in [0.1, 0.15) is 0 Å². The predicted octanol–water partition coefficient (Wildman–Crippen LogP) is 4.74. The smallest absolute Gasteiger partial charge is 0.228 e. The first-order chi connectivity index (χ1) is 18.0. The Bertz CT molecular complexity index is 1100. The lowest BCUT2D eigenvalue weighted by Crippen LogP contribution is -2.56. The van der Waals surface area contributed by atoms with Gasteiger partial charge in [-0.15, -0.1) is 0 Å². The van der Waals surface area contributed by atoms with Gasteiger partial charge in [0.05, 0.1) is 5.92 Å². The number of nitrogens with zero attached hydrogens (tertiary/aromatic N) is 2. The number of benzene rings is 1. The molecule has 5 atom stereocenters. The topological polar surface area (TPSA) is 57.3 Å². The van der Waals surface area contributed by atoms with E-state index in [1.54, 1.807) is 0 Å². The van der Waals surface area contributed by atoms with Crippen LogP contribution in [0.3, 0.4) is 0 Å². The molecule has 4 heterocycles. The lowest BCUT2D eigenvalue weighted by molar-refractivity contribution is -0.142. The number of carbonyl (C=O) groups excluding carboxylic acids is 1. The SMILES string of the molecule is Cc1ccc2c(n1)C[C@@H](C)NC[C@]21CNC[C@H]1C(=O)N1CC[C@@H](c2ccccc2)C[C@H]1C1CCCCC1. The number of likely N-dealkylation sites (tertiary alicyclic amines) is 1. The molecular weight excluding hydrogens is 456 g/mol. The molecule has 2 saturated heterocycles. The fourth-order valence-corrected chi connectivity index (χ4v) is 8.05. The van der Waals surface area contributed by atoms with Gasteiger partial charge in [-0.1, -0.05) is 55.7 Å². The number of pyridine rings is 1. The fourth-order valence-electron chi connectivity index (χ4n) is 8.05. The molecule has 3 aliphatic heterocycles. The van der Waals surface area contributed by atoms with Gasteiger partial charge < -0.3 is 15.5 Å². The zero-order chi connectivity index (χ0) is 25.4. The van der Waals surface area contributed by atoms with Crippen LogP contribution in [0.4, 0.5) is 0 Å². The number of fused-ring (bicyclic) bond motifs is 2. The molecule has 0 unspecified atom stereocenters. The Balaban J connectivity index is 1.32. The quantitative estimate of drug-likeness (QED) is 0.639. The fraction of sp³-hybridized carbons (Fsp3) is 0.625. The summed E-state index contributed by atoms with van der Waals surface area (Å²) in [5.41, 5.74) is 4.77. The summed E-state index contributed by atoms with van der Waals surface area (Å²) in [6.07, 6.45) is 9.63. The lowest BCUT2D eigenvalue weighted by atomic mass is 9.70. The van der Waals surface area contributed by atoms with Gasteiger partial charge in [-0.05, 0) is 68.6 Å². The average Bonchev–Trinajstić information content (AvgIpc) is 3.31. The minimum absolute atomic E-state index is 0.0482. The van der Waals surface area contributed by atoms with Crippen molar-refractivity contribution in [3.8, 4) is 0 Å². The molecule has 0 bridgehead atoms. The van der Waals surface area contributed by atoms with E-state index >= 15 is 0 Å². The minimum atomic E-state index is -0.231. The lowest BCUT2D eigenvalue weighted by Gasteiger charge is -2.47. The van der Waals surface area contributed by atoms with Crippen LogP contribution in [0.2, 0.25) is 0 Å². The molecule has 1 saturated carbocycles. The number of piperidine rings is 1. The normalized spacial score (nSPS) is 32.8. The number of nitrogens with one attached hydrogen (secondary N) is 2. The van der Waals surface area contributed by atoms with Crippen molar-refractivity contribution in [2.45, 2.75) is 88.6 Å². The molecule has 0 radical (unpaired) electrons. The Hall–Kier alpha value is -2.24. The van der Waals surface area contributed by atoms with Crippen LogP contribution in [-0.2, 0) is 16.6 Å². The number of hydrogen-bond donors (Lipinski definition) is 2. The summed E-state index contributed by atoms with van der Waals surface area (Å²) in [5.74, 6) is 1.53. The van der Waals surface area contributed by atoms with E-state index in [0.717, 1.165) is 51.1 Å². The Morgan fingerprint density at radius 2 is 1.84 bits per heavy atom. The van der Waals surface area contributed by atoms with Crippen LogP contribution in [0.1, 0.15) is 80.3 Å². The Morgan fingerprint density at radius 3 is 2.65 bits per heavy atom. The number of rotatable bonds is 3. The molecule has 5 heteroatoms. The van der Waals surface area contributed by atoms with Gasteiger partial charge in [0.15, 0.2) is 0 Å². The number of hydrogen-bond acceptors (Lipinski definition) is 4. The highest BCUT2D eigenvalue weighted by Crippen LogP contribution is 2.44. The molecule has 3 fully saturated rings. The summed E-state index contributed by atoms with van der Waals surface area (Å²) < 4.78 is 0. The third kappa shape index (κ3) is 4.74. The number of aromatic nitrogens is 1. The molecule has 1 amide bonds. The van der Waals surface area contributed by atoms with E-state index in [1.165, 1.54) is 48.9 Å². The van der Waals surface area contributed by atoms with Crippen LogP contribution in [-0.4, -0.2) is 54.1 Å². The maximum absolute atomic E-state index is 14.7. The summed E-state index contributed by atoms with van der Waals surface area (Å²) in [6, 6.07) is 16.2. The first-order valence-electron chi connectivity index (χ1n) is 14.8. The Morgan fingerprint density at radius 1 is 1.03 bits per heavy atom. The van der Waals surface area contributed by atoms with Gasteiger partial charge in [0, 0.05) is 61.5 Å². The van der Waals surface area contributed by atoms with Crippen LogP contribution >= 0.6 is 0 Å². The third-order valence-corrected chi connectivity index (χ3v) is 10.1. The molecule has 6 rings (SSSR count). The first-order valence-corrected chi connectivity index (χ1v) is 14.8. The number of aryl methyl sites for hydroxylation is 1. The molecule has 37 heavy (non-hydrogen) atoms. The predicted molar refractivity (Wildman–Crippen MR) is 149 cm³/mol. The monoisotopic (exact) mass is 500 g/mol. The van der Waals surface area contributed by atoms with Crippen molar-refractivity contribution in [1.82, 2.24) is 20.5 Å². The molecular formula is C32H44N4O. The van der Waals surface area contributed by atoms with Gasteiger partial charge in [-0.2, -0.15) is 0 Å². The second kappa shape index (κ2) is 10.5. The summed E-state index contributed by atoms with van der Waals surface area (Å²) in [7, 11) is 0. The van der Waals surface area contributed by atoms with E-state index in [4.69, 9.17) is 4.98 Å². The molecule has 2 N–H and O–H groups in total. The highest BCUT2D eigenvalue weighted by atomic mass is 16.2. The summed E-state index contributed by atoms with van der Waals surface area (Å²) >= 11 is 0. The summed E-state index contributed by atoms with van der Waals surface area (Å²) in [5, 5.41) is 7.45. The van der Waals surface area contributed by atoms with Crippen LogP contribution in [0.15, 0.2) is 42.5 Å². The van der Waals surface area contributed by atoms with Gasteiger partial charge in [-0.3, -0.25) is 9.78 Å². The van der Waals surface area contributed by atoms with Gasteiger partial charge >= 0.3 is 0 Å². The van der Waals surface area contributed by atoms with Crippen molar-refractivity contribution in [3.63, 3.8) is 0 Å².